The van der Waals surface area contributed by atoms with Gasteiger partial charge in [-0.25, -0.2) is 19.3 Å². The number of nitrogen functional groups attached to an aromatic ring is 1. The highest BCUT2D eigenvalue weighted by molar-refractivity contribution is 5.84. The normalized spacial score (nSPS) is 10.6. The van der Waals surface area contributed by atoms with Crippen LogP contribution >= 0.6 is 0 Å². The number of nitrogens with two attached hydrogens (primary N) is 1. The molecule has 9 nitrogen and oxygen atoms in total. The fourth-order valence-electron chi connectivity index (χ4n) is 3.35. The predicted molar refractivity (Wildman–Crippen MR) is 112 cm³/mol. The average Bonchev–Trinajstić information content (AvgIpc) is 3.12. The second kappa shape index (κ2) is 8.05. The minimum atomic E-state index is -0.623. The van der Waals surface area contributed by atoms with E-state index in [9.17, 15) is 14.9 Å². The van der Waals surface area contributed by atoms with Crippen molar-refractivity contribution < 1.29 is 4.39 Å². The van der Waals surface area contributed by atoms with Crippen LogP contribution < -0.4 is 11.1 Å². The molecule has 0 atom stereocenters. The third-order valence-electron chi connectivity index (χ3n) is 4.69. The number of hydrogen-bond acceptors (Lipinski definition) is 8. The quantitative estimate of drug-likeness (QED) is 0.508. The topological polar surface area (TPSA) is 142 Å². The molecular weight excluding hydrogens is 397 g/mol. The van der Waals surface area contributed by atoms with E-state index in [1.165, 1.54) is 12.1 Å². The van der Waals surface area contributed by atoms with Gasteiger partial charge in [-0.1, -0.05) is 6.07 Å². The monoisotopic (exact) mass is 413 g/mol. The number of pyridine rings is 1. The number of nitrogens with one attached hydrogen (secondary N) is 1. The minimum absolute atomic E-state index is 0.0638. The Bertz CT molecular complexity index is 1360. The number of hydrogen-bond donors (Lipinski definition) is 2. The molecule has 0 bridgehead atoms. The lowest BCUT2D eigenvalue weighted by Gasteiger charge is -2.11. The molecule has 1 aromatic carbocycles. The Labute approximate surface area is 176 Å². The average molecular weight is 413 g/mol. The molecule has 3 aromatic heterocycles. The summed E-state index contributed by atoms with van der Waals surface area (Å²) >= 11 is 0. The van der Waals surface area contributed by atoms with Crippen LogP contribution in [0.3, 0.4) is 0 Å². The van der Waals surface area contributed by atoms with Crippen LogP contribution in [-0.2, 0) is 6.42 Å². The number of anilines is 2. The molecule has 0 unspecified atom stereocenters. The van der Waals surface area contributed by atoms with Crippen LogP contribution in [0.4, 0.5) is 16.2 Å². The summed E-state index contributed by atoms with van der Waals surface area (Å²) in [7, 11) is 0. The predicted octanol–water partition coefficient (Wildman–Crippen LogP) is 2.64. The van der Waals surface area contributed by atoms with Gasteiger partial charge >= 0.3 is 0 Å². The minimum Gasteiger partial charge on any atom is -0.368 e. The van der Waals surface area contributed by atoms with Crippen molar-refractivity contribution in [2.24, 2.45) is 0 Å². The summed E-state index contributed by atoms with van der Waals surface area (Å²) in [5.41, 5.74) is 7.23. The first-order valence-electron chi connectivity index (χ1n) is 9.33. The third kappa shape index (κ3) is 3.58. The Morgan fingerprint density at radius 1 is 1.10 bits per heavy atom. The van der Waals surface area contributed by atoms with Gasteiger partial charge in [0.05, 0.1) is 16.7 Å². The van der Waals surface area contributed by atoms with Gasteiger partial charge in [0.2, 0.25) is 5.95 Å². The van der Waals surface area contributed by atoms with Gasteiger partial charge in [-0.2, -0.15) is 15.5 Å². The van der Waals surface area contributed by atoms with Crippen molar-refractivity contribution in [3.63, 3.8) is 0 Å². The number of imidazole rings is 1. The van der Waals surface area contributed by atoms with Crippen LogP contribution in [0.2, 0.25) is 0 Å². The molecular formula is C21H16FN9. The van der Waals surface area contributed by atoms with E-state index in [1.54, 1.807) is 35.9 Å². The number of nitriles is 2. The Morgan fingerprint density at radius 2 is 1.90 bits per heavy atom. The number of aryl methyl sites for hydroxylation is 1. The molecule has 4 rings (SSSR count). The molecule has 4 aromatic rings. The van der Waals surface area contributed by atoms with Crippen molar-refractivity contribution in [2.45, 2.75) is 13.3 Å². The molecule has 0 fully saturated rings. The summed E-state index contributed by atoms with van der Waals surface area (Å²) < 4.78 is 16.0. The van der Waals surface area contributed by atoms with Crippen LogP contribution in [0.15, 0.2) is 36.5 Å². The van der Waals surface area contributed by atoms with Gasteiger partial charge in [-0.15, -0.1) is 0 Å². The molecule has 10 heteroatoms. The van der Waals surface area contributed by atoms with Crippen molar-refractivity contribution in [3.05, 3.63) is 65.0 Å². The van der Waals surface area contributed by atoms with Crippen LogP contribution in [0.1, 0.15) is 22.6 Å². The smallest absolute Gasteiger partial charge is 0.222 e. The van der Waals surface area contributed by atoms with Gasteiger partial charge in [-0.05, 0) is 31.2 Å². The first kappa shape index (κ1) is 19.7. The largest absolute Gasteiger partial charge is 0.368 e. The van der Waals surface area contributed by atoms with Crippen molar-refractivity contribution in [1.82, 2.24) is 24.5 Å². The van der Waals surface area contributed by atoms with E-state index >= 15 is 0 Å². The van der Waals surface area contributed by atoms with E-state index in [-0.39, 0.29) is 11.5 Å². The fraction of sp³-hybridized carbons (Fsp3) is 0.143. The summed E-state index contributed by atoms with van der Waals surface area (Å²) in [5, 5.41) is 22.0. The first-order valence-corrected chi connectivity index (χ1v) is 9.33. The lowest BCUT2D eigenvalue weighted by atomic mass is 10.2. The van der Waals surface area contributed by atoms with E-state index in [2.05, 4.69) is 31.3 Å². The Hall–Kier alpha value is -4.57. The second-order valence-corrected chi connectivity index (χ2v) is 6.63. The zero-order valence-electron chi connectivity index (χ0n) is 16.5. The summed E-state index contributed by atoms with van der Waals surface area (Å²) in [5.74, 6) is 0.857. The Kier molecular flexibility index (Phi) is 5.12. The molecule has 3 heterocycles. The highest BCUT2D eigenvalue weighted by Gasteiger charge is 2.19. The molecule has 0 saturated heterocycles. The van der Waals surface area contributed by atoms with Crippen molar-refractivity contribution in [2.75, 3.05) is 17.6 Å². The number of fused-ring (bicyclic) bond motifs is 1. The lowest BCUT2D eigenvalue weighted by Crippen LogP contribution is -2.14. The molecule has 0 spiro atoms. The molecule has 31 heavy (non-hydrogen) atoms. The van der Waals surface area contributed by atoms with Crippen LogP contribution in [-0.4, -0.2) is 31.0 Å². The Balaban J connectivity index is 1.74. The molecule has 0 aliphatic carbocycles. The maximum Gasteiger partial charge on any atom is 0.222 e. The number of benzene rings is 1. The van der Waals surface area contributed by atoms with Gasteiger partial charge in [0, 0.05) is 19.2 Å². The van der Waals surface area contributed by atoms with Crippen LogP contribution in [0.25, 0.3) is 16.9 Å². The molecule has 0 radical (unpaired) electrons. The summed E-state index contributed by atoms with van der Waals surface area (Å²) in [6.07, 6.45) is 1.99. The van der Waals surface area contributed by atoms with Gasteiger partial charge in [-0.3, -0.25) is 4.57 Å². The van der Waals surface area contributed by atoms with E-state index in [4.69, 9.17) is 5.73 Å². The van der Waals surface area contributed by atoms with Gasteiger partial charge in [0.1, 0.15) is 46.5 Å². The zero-order valence-corrected chi connectivity index (χ0v) is 16.5. The molecule has 0 saturated carbocycles. The first-order chi connectivity index (χ1) is 15.0. The number of nitrogens with zero attached hydrogens (tertiary/aromatic N) is 7. The maximum atomic E-state index is 14.3. The third-order valence-corrected chi connectivity index (χ3v) is 4.69. The Morgan fingerprint density at radius 3 is 2.61 bits per heavy atom. The molecule has 152 valence electrons. The van der Waals surface area contributed by atoms with E-state index in [1.807, 2.05) is 6.07 Å². The summed E-state index contributed by atoms with van der Waals surface area (Å²) in [6, 6.07) is 12.1. The number of rotatable bonds is 5. The molecule has 0 aliphatic rings. The molecule has 0 amide bonds. The van der Waals surface area contributed by atoms with E-state index < -0.39 is 5.82 Å². The summed E-state index contributed by atoms with van der Waals surface area (Å²) in [4.78, 5) is 17.0. The molecule has 0 aliphatic heterocycles. The second-order valence-electron chi connectivity index (χ2n) is 6.63. The van der Waals surface area contributed by atoms with Crippen LogP contribution in [0, 0.1) is 35.4 Å². The van der Waals surface area contributed by atoms with Crippen molar-refractivity contribution in [1.29, 1.82) is 10.5 Å². The van der Waals surface area contributed by atoms with Crippen molar-refractivity contribution >= 4 is 22.8 Å². The van der Waals surface area contributed by atoms with Crippen LogP contribution in [0.5, 0.6) is 0 Å². The van der Waals surface area contributed by atoms with Gasteiger partial charge in [0.15, 0.2) is 0 Å². The molecule has 3 N–H and O–H groups in total. The van der Waals surface area contributed by atoms with Gasteiger partial charge < -0.3 is 11.1 Å². The highest BCUT2D eigenvalue weighted by atomic mass is 19.1. The standard InChI is InChI=1S/C21H16FN9/c1-12-13(10-23)20(30-21(25)28-12)27-9-7-18-29-16-6-5-15(22)14(11-24)19(16)31(18)17-4-2-3-8-26-17/h2-6,8H,7,9H2,1H3,(H3,25,27,28,30). The highest BCUT2D eigenvalue weighted by Crippen LogP contribution is 2.26. The fourth-order valence-corrected chi connectivity index (χ4v) is 3.35. The SMILES string of the molecule is Cc1nc(N)nc(NCCc2nc3ccc(F)c(C#N)c3n2-c2ccccn2)c1C#N. The summed E-state index contributed by atoms with van der Waals surface area (Å²) in [6.45, 7) is 2.03. The van der Waals surface area contributed by atoms with E-state index in [0.29, 0.717) is 52.7 Å². The number of halogens is 1. The van der Waals surface area contributed by atoms with E-state index in [0.717, 1.165) is 0 Å². The number of aromatic nitrogens is 5. The van der Waals surface area contributed by atoms with Crippen molar-refractivity contribution in [3.8, 4) is 18.0 Å². The zero-order chi connectivity index (χ0) is 22.0. The van der Waals surface area contributed by atoms with Gasteiger partial charge in [0.25, 0.3) is 0 Å². The maximum absolute atomic E-state index is 14.3. The lowest BCUT2D eigenvalue weighted by molar-refractivity contribution is 0.625.